The standard InChI is InChI=1S/C19H22F3N3O4S/c1-12-4-3-5-13(8-12)30(27,28)18(2)6-7-29-15(10-18)14-9-16(19(20,21)22)24-25(14)11-17(23)26/h3-5,8-9,15H,6-7,10-11H2,1-2H3,(H2,23,26). The average Bonchev–Trinajstić information content (AvgIpc) is 3.05. The van der Waals surface area contributed by atoms with Crippen molar-refractivity contribution in [2.75, 3.05) is 6.61 Å². The summed E-state index contributed by atoms with van der Waals surface area (Å²) in [5.41, 5.74) is 4.68. The summed E-state index contributed by atoms with van der Waals surface area (Å²) in [6.07, 6.45) is -5.64. The third-order valence-electron chi connectivity index (χ3n) is 5.25. The van der Waals surface area contributed by atoms with E-state index in [1.165, 1.54) is 6.07 Å². The molecular weight excluding hydrogens is 423 g/mol. The number of rotatable bonds is 5. The summed E-state index contributed by atoms with van der Waals surface area (Å²) in [7, 11) is -3.81. The van der Waals surface area contributed by atoms with Crippen LogP contribution in [0.5, 0.6) is 0 Å². The minimum absolute atomic E-state index is 0.0231. The van der Waals surface area contributed by atoms with Gasteiger partial charge in [0.1, 0.15) is 12.6 Å². The number of hydrogen-bond acceptors (Lipinski definition) is 5. The van der Waals surface area contributed by atoms with Crippen molar-refractivity contribution in [3.05, 3.63) is 47.3 Å². The summed E-state index contributed by atoms with van der Waals surface area (Å²) in [6, 6.07) is 7.25. The maximum atomic E-state index is 13.3. The van der Waals surface area contributed by atoms with Crippen LogP contribution in [-0.2, 0) is 32.1 Å². The number of nitrogens with two attached hydrogens (primary N) is 1. The van der Waals surface area contributed by atoms with Gasteiger partial charge in [0.15, 0.2) is 15.5 Å². The first-order valence-corrected chi connectivity index (χ1v) is 10.7. The summed E-state index contributed by atoms with van der Waals surface area (Å²) in [5.74, 6) is -0.876. The van der Waals surface area contributed by atoms with Crippen LogP contribution in [0.25, 0.3) is 0 Å². The van der Waals surface area contributed by atoms with Gasteiger partial charge in [0.2, 0.25) is 5.91 Å². The zero-order chi connectivity index (χ0) is 22.3. The molecule has 2 heterocycles. The van der Waals surface area contributed by atoms with Crippen molar-refractivity contribution in [3.63, 3.8) is 0 Å². The number of aromatic nitrogens is 2. The molecule has 1 saturated heterocycles. The minimum atomic E-state index is -4.73. The van der Waals surface area contributed by atoms with Crippen molar-refractivity contribution in [3.8, 4) is 0 Å². The second-order valence-corrected chi connectivity index (χ2v) is 10.1. The Kier molecular flexibility index (Phi) is 5.72. The van der Waals surface area contributed by atoms with Crippen LogP contribution >= 0.6 is 0 Å². The van der Waals surface area contributed by atoms with Crippen LogP contribution in [0.4, 0.5) is 13.2 Å². The monoisotopic (exact) mass is 445 g/mol. The Hall–Kier alpha value is -2.40. The van der Waals surface area contributed by atoms with Gasteiger partial charge in [-0.05, 0) is 50.5 Å². The van der Waals surface area contributed by atoms with Crippen molar-refractivity contribution < 1.29 is 31.1 Å². The molecule has 1 amide bonds. The summed E-state index contributed by atoms with van der Waals surface area (Å²) in [4.78, 5) is 11.5. The highest BCUT2D eigenvalue weighted by atomic mass is 32.2. The van der Waals surface area contributed by atoms with Crippen LogP contribution in [0.2, 0.25) is 0 Å². The van der Waals surface area contributed by atoms with Crippen LogP contribution in [0, 0.1) is 6.92 Å². The topological polar surface area (TPSA) is 104 Å². The molecule has 1 aromatic carbocycles. The van der Waals surface area contributed by atoms with E-state index in [4.69, 9.17) is 10.5 Å². The van der Waals surface area contributed by atoms with Crippen molar-refractivity contribution in [1.29, 1.82) is 0 Å². The minimum Gasteiger partial charge on any atom is -0.372 e. The number of nitrogens with zero attached hydrogens (tertiary/aromatic N) is 2. The molecule has 11 heteroatoms. The molecule has 7 nitrogen and oxygen atoms in total. The van der Waals surface area contributed by atoms with E-state index >= 15 is 0 Å². The predicted octanol–water partition coefficient (Wildman–Crippen LogP) is 2.78. The maximum Gasteiger partial charge on any atom is 0.435 e. The molecule has 30 heavy (non-hydrogen) atoms. The van der Waals surface area contributed by atoms with Gasteiger partial charge in [-0.3, -0.25) is 9.48 Å². The Labute approximate surface area is 171 Å². The third kappa shape index (κ3) is 4.22. The van der Waals surface area contributed by atoms with Gasteiger partial charge >= 0.3 is 6.18 Å². The number of carbonyl (C=O) groups excluding carboxylic acids is 1. The second-order valence-electron chi connectivity index (χ2n) is 7.66. The Bertz CT molecular complexity index is 1070. The quantitative estimate of drug-likeness (QED) is 0.762. The largest absolute Gasteiger partial charge is 0.435 e. The van der Waals surface area contributed by atoms with E-state index in [9.17, 15) is 26.4 Å². The molecule has 1 aromatic heterocycles. The van der Waals surface area contributed by atoms with Gasteiger partial charge in [-0.15, -0.1) is 0 Å². The van der Waals surface area contributed by atoms with Crippen molar-refractivity contribution in [2.45, 2.75) is 55.2 Å². The Morgan fingerprint density at radius 3 is 2.67 bits per heavy atom. The van der Waals surface area contributed by atoms with Gasteiger partial charge in [-0.2, -0.15) is 18.3 Å². The molecule has 2 atom stereocenters. The predicted molar refractivity (Wildman–Crippen MR) is 101 cm³/mol. The van der Waals surface area contributed by atoms with Crippen LogP contribution < -0.4 is 5.73 Å². The Morgan fingerprint density at radius 2 is 2.07 bits per heavy atom. The van der Waals surface area contributed by atoms with E-state index in [2.05, 4.69) is 5.10 Å². The molecule has 2 unspecified atom stereocenters. The molecule has 0 saturated carbocycles. The normalized spacial score (nSPS) is 22.8. The number of amides is 1. The van der Waals surface area contributed by atoms with Crippen LogP contribution in [0.1, 0.15) is 42.8 Å². The molecule has 0 spiro atoms. The van der Waals surface area contributed by atoms with E-state index in [1.807, 2.05) is 0 Å². The molecule has 1 aliphatic heterocycles. The smallest absolute Gasteiger partial charge is 0.372 e. The highest BCUT2D eigenvalue weighted by Crippen LogP contribution is 2.43. The molecular formula is C19H22F3N3O4S. The molecule has 2 N–H and O–H groups in total. The van der Waals surface area contributed by atoms with Gasteiger partial charge in [-0.1, -0.05) is 12.1 Å². The molecule has 0 bridgehead atoms. The summed E-state index contributed by atoms with van der Waals surface area (Å²) in [6.45, 7) is 2.77. The lowest BCUT2D eigenvalue weighted by atomic mass is 9.94. The maximum absolute atomic E-state index is 13.3. The van der Waals surface area contributed by atoms with Gasteiger partial charge < -0.3 is 10.5 Å². The van der Waals surface area contributed by atoms with E-state index in [-0.39, 0.29) is 30.0 Å². The number of ether oxygens (including phenoxy) is 1. The lowest BCUT2D eigenvalue weighted by Gasteiger charge is -2.37. The summed E-state index contributed by atoms with van der Waals surface area (Å²) in [5, 5.41) is 3.44. The lowest BCUT2D eigenvalue weighted by molar-refractivity contribution is -0.141. The van der Waals surface area contributed by atoms with Crippen molar-refractivity contribution >= 4 is 15.7 Å². The first kappa shape index (κ1) is 22.3. The Balaban J connectivity index is 2.00. The van der Waals surface area contributed by atoms with Crippen LogP contribution in [0.3, 0.4) is 0 Å². The molecule has 1 fully saturated rings. The number of hydrogen-bond donors (Lipinski definition) is 1. The highest BCUT2D eigenvalue weighted by Gasteiger charge is 2.46. The molecule has 1 aliphatic rings. The number of sulfone groups is 1. The first-order valence-electron chi connectivity index (χ1n) is 9.20. The molecule has 164 valence electrons. The number of aryl methyl sites for hydroxylation is 1. The number of halogens is 3. The fraction of sp³-hybridized carbons (Fsp3) is 0.474. The second kappa shape index (κ2) is 7.69. The number of alkyl halides is 3. The number of benzene rings is 1. The summed E-state index contributed by atoms with van der Waals surface area (Å²) >= 11 is 0. The van der Waals surface area contributed by atoms with Crippen LogP contribution in [0.15, 0.2) is 35.2 Å². The molecule has 3 rings (SSSR count). The Morgan fingerprint density at radius 1 is 1.37 bits per heavy atom. The molecule has 0 radical (unpaired) electrons. The molecule has 0 aliphatic carbocycles. The highest BCUT2D eigenvalue weighted by molar-refractivity contribution is 7.92. The first-order chi connectivity index (χ1) is 13.8. The zero-order valence-corrected chi connectivity index (χ0v) is 17.3. The van der Waals surface area contributed by atoms with Gasteiger partial charge in [0.25, 0.3) is 0 Å². The third-order valence-corrected chi connectivity index (χ3v) is 7.80. The average molecular weight is 445 g/mol. The fourth-order valence-electron chi connectivity index (χ4n) is 3.57. The van der Waals surface area contributed by atoms with Gasteiger partial charge in [0.05, 0.1) is 15.3 Å². The van der Waals surface area contributed by atoms with Crippen molar-refractivity contribution in [1.82, 2.24) is 9.78 Å². The van der Waals surface area contributed by atoms with E-state index < -0.39 is 45.0 Å². The fourth-order valence-corrected chi connectivity index (χ4v) is 5.47. The molecule has 2 aromatic rings. The van der Waals surface area contributed by atoms with E-state index in [0.29, 0.717) is 0 Å². The summed E-state index contributed by atoms with van der Waals surface area (Å²) < 4.78 is 71.3. The lowest BCUT2D eigenvalue weighted by Crippen LogP contribution is -2.42. The van der Waals surface area contributed by atoms with Gasteiger partial charge in [-0.25, -0.2) is 8.42 Å². The zero-order valence-electron chi connectivity index (χ0n) is 16.4. The van der Waals surface area contributed by atoms with Crippen molar-refractivity contribution in [2.24, 2.45) is 5.73 Å². The van der Waals surface area contributed by atoms with E-state index in [1.54, 1.807) is 32.0 Å². The van der Waals surface area contributed by atoms with E-state index in [0.717, 1.165) is 16.3 Å². The van der Waals surface area contributed by atoms with Gasteiger partial charge in [0, 0.05) is 6.61 Å². The number of carbonyl (C=O) groups is 1. The SMILES string of the molecule is Cc1cccc(S(=O)(=O)C2(C)CCOC(c3cc(C(F)(F)F)nn3CC(N)=O)C2)c1. The number of primary amides is 1. The van der Waals surface area contributed by atoms with Crippen LogP contribution in [-0.4, -0.2) is 35.5 Å².